The van der Waals surface area contributed by atoms with Crippen LogP contribution < -0.4 is 19.5 Å². The third kappa shape index (κ3) is 4.95. The number of hydrogen-bond acceptors (Lipinski definition) is 7. The number of nitrogens with zero attached hydrogens (tertiary/aromatic N) is 2. The zero-order valence-electron chi connectivity index (χ0n) is 19.7. The van der Waals surface area contributed by atoms with Crippen molar-refractivity contribution in [2.24, 2.45) is 5.92 Å². The Morgan fingerprint density at radius 1 is 1.11 bits per heavy atom. The molecule has 0 spiro atoms. The molecule has 0 bridgehead atoms. The molecule has 0 radical (unpaired) electrons. The number of hydrogen-bond donors (Lipinski definition) is 1. The molecular weight excluding hydrogens is 466 g/mol. The number of aryl methyl sites for hydroxylation is 1. The van der Waals surface area contributed by atoms with Crippen LogP contribution in [0.4, 0.5) is 5.69 Å². The van der Waals surface area contributed by atoms with Gasteiger partial charge in [-0.2, -0.15) is 0 Å². The van der Waals surface area contributed by atoms with Crippen LogP contribution in [0.1, 0.15) is 35.1 Å². The lowest BCUT2D eigenvalue weighted by Gasteiger charge is -2.31. The van der Waals surface area contributed by atoms with E-state index in [1.165, 1.54) is 11.3 Å². The lowest BCUT2D eigenvalue weighted by molar-refractivity contribution is -0.121. The number of rotatable bonds is 6. The summed E-state index contributed by atoms with van der Waals surface area (Å²) in [5.41, 5.74) is 2.37. The van der Waals surface area contributed by atoms with E-state index < -0.39 is 0 Å². The highest BCUT2D eigenvalue weighted by Crippen LogP contribution is 2.35. The van der Waals surface area contributed by atoms with Crippen LogP contribution in [0.25, 0.3) is 10.6 Å². The van der Waals surface area contributed by atoms with E-state index in [1.807, 2.05) is 43.0 Å². The normalized spacial score (nSPS) is 15.2. The van der Waals surface area contributed by atoms with Crippen LogP contribution in [-0.4, -0.2) is 48.2 Å². The topological polar surface area (TPSA) is 90.0 Å². The summed E-state index contributed by atoms with van der Waals surface area (Å²) in [6.45, 7) is 5.70. The van der Waals surface area contributed by atoms with Gasteiger partial charge in [-0.05, 0) is 63.1 Å². The lowest BCUT2D eigenvalue weighted by atomic mass is 9.95. The Bertz CT molecular complexity index is 1230. The van der Waals surface area contributed by atoms with E-state index in [9.17, 15) is 9.59 Å². The molecule has 8 nitrogen and oxygen atoms in total. The highest BCUT2D eigenvalue weighted by atomic mass is 32.1. The minimum absolute atomic E-state index is 0.0215. The highest BCUT2D eigenvalue weighted by molar-refractivity contribution is 7.17. The first-order valence-electron chi connectivity index (χ1n) is 11.7. The van der Waals surface area contributed by atoms with Crippen molar-refractivity contribution >= 4 is 28.8 Å². The first kappa shape index (κ1) is 23.2. The minimum Gasteiger partial charge on any atom is -0.494 e. The zero-order valence-corrected chi connectivity index (χ0v) is 20.5. The SMILES string of the molecule is CCOc1ccc(-c2nc(C)c(C(=O)N3CCC(C(=O)Nc4ccc5c(c4)OCO5)CC3)s2)cc1. The molecule has 1 saturated heterocycles. The van der Waals surface area contributed by atoms with Crippen molar-refractivity contribution in [2.45, 2.75) is 26.7 Å². The highest BCUT2D eigenvalue weighted by Gasteiger charge is 2.30. The van der Waals surface area contributed by atoms with Crippen molar-refractivity contribution in [1.29, 1.82) is 0 Å². The molecule has 2 aliphatic rings. The number of carbonyl (C=O) groups is 2. The summed E-state index contributed by atoms with van der Waals surface area (Å²) in [6, 6.07) is 13.1. The van der Waals surface area contributed by atoms with Gasteiger partial charge >= 0.3 is 0 Å². The predicted molar refractivity (Wildman–Crippen MR) is 133 cm³/mol. The molecule has 182 valence electrons. The second-order valence-electron chi connectivity index (χ2n) is 8.51. The Morgan fingerprint density at radius 3 is 2.60 bits per heavy atom. The van der Waals surface area contributed by atoms with Crippen LogP contribution in [-0.2, 0) is 4.79 Å². The molecule has 0 aliphatic carbocycles. The number of anilines is 1. The molecule has 0 unspecified atom stereocenters. The Labute approximate surface area is 207 Å². The number of amides is 2. The summed E-state index contributed by atoms with van der Waals surface area (Å²) in [5.74, 6) is 1.92. The van der Waals surface area contributed by atoms with Gasteiger partial charge in [0.05, 0.1) is 12.3 Å². The second kappa shape index (κ2) is 9.95. The Morgan fingerprint density at radius 2 is 1.86 bits per heavy atom. The summed E-state index contributed by atoms with van der Waals surface area (Å²) in [6.07, 6.45) is 1.23. The average molecular weight is 494 g/mol. The first-order valence-corrected chi connectivity index (χ1v) is 12.5. The van der Waals surface area contributed by atoms with E-state index in [4.69, 9.17) is 14.2 Å². The summed E-state index contributed by atoms with van der Waals surface area (Å²) in [4.78, 5) is 33.1. The van der Waals surface area contributed by atoms with Gasteiger partial charge in [0, 0.05) is 36.3 Å². The number of piperidine rings is 1. The molecule has 1 aromatic heterocycles. The molecule has 3 heterocycles. The molecule has 0 saturated carbocycles. The Balaban J connectivity index is 1.19. The van der Waals surface area contributed by atoms with E-state index in [-0.39, 0.29) is 24.5 Å². The Kier molecular flexibility index (Phi) is 6.59. The number of thiazole rings is 1. The van der Waals surface area contributed by atoms with Crippen LogP contribution in [0, 0.1) is 12.8 Å². The molecule has 2 aromatic carbocycles. The standard InChI is InChI=1S/C26H27N3O5S/c1-3-32-20-7-4-18(5-8-20)25-27-16(2)23(35-25)26(31)29-12-10-17(11-13-29)24(30)28-19-6-9-21-22(14-19)34-15-33-21/h4-9,14,17H,3,10-13,15H2,1-2H3,(H,28,30). The largest absolute Gasteiger partial charge is 0.494 e. The molecule has 1 fully saturated rings. The monoisotopic (exact) mass is 493 g/mol. The summed E-state index contributed by atoms with van der Waals surface area (Å²) < 4.78 is 16.2. The van der Waals surface area contributed by atoms with Gasteiger partial charge in [-0.25, -0.2) is 4.98 Å². The maximum atomic E-state index is 13.2. The van der Waals surface area contributed by atoms with Crippen LogP contribution in [0.2, 0.25) is 0 Å². The molecule has 2 aliphatic heterocycles. The predicted octanol–water partition coefficient (Wildman–Crippen LogP) is 4.74. The van der Waals surface area contributed by atoms with Gasteiger partial charge in [-0.15, -0.1) is 11.3 Å². The van der Waals surface area contributed by atoms with E-state index in [2.05, 4.69) is 10.3 Å². The van der Waals surface area contributed by atoms with Crippen molar-refractivity contribution in [1.82, 2.24) is 9.88 Å². The summed E-state index contributed by atoms with van der Waals surface area (Å²) in [5, 5.41) is 3.78. The van der Waals surface area contributed by atoms with Crippen LogP contribution >= 0.6 is 11.3 Å². The molecule has 2 amide bonds. The van der Waals surface area contributed by atoms with Crippen molar-refractivity contribution in [2.75, 3.05) is 31.8 Å². The fourth-order valence-corrected chi connectivity index (χ4v) is 5.33. The lowest BCUT2D eigenvalue weighted by Crippen LogP contribution is -2.41. The molecule has 3 aromatic rings. The number of likely N-dealkylation sites (tertiary alicyclic amines) is 1. The van der Waals surface area contributed by atoms with E-state index >= 15 is 0 Å². The van der Waals surface area contributed by atoms with E-state index in [0.29, 0.717) is 54.6 Å². The fraction of sp³-hybridized carbons (Fsp3) is 0.346. The molecular formula is C26H27N3O5S. The molecule has 9 heteroatoms. The second-order valence-corrected chi connectivity index (χ2v) is 9.51. The van der Waals surface area contributed by atoms with Gasteiger partial charge in [0.1, 0.15) is 15.6 Å². The molecule has 5 rings (SSSR count). The third-order valence-corrected chi connectivity index (χ3v) is 7.39. The maximum absolute atomic E-state index is 13.2. The minimum atomic E-state index is -0.147. The van der Waals surface area contributed by atoms with Gasteiger partial charge in [0.15, 0.2) is 11.5 Å². The van der Waals surface area contributed by atoms with Gasteiger partial charge in [0.25, 0.3) is 5.91 Å². The van der Waals surface area contributed by atoms with Crippen LogP contribution in [0.3, 0.4) is 0 Å². The van der Waals surface area contributed by atoms with Crippen molar-refractivity contribution < 1.29 is 23.8 Å². The molecule has 1 N–H and O–H groups in total. The van der Waals surface area contributed by atoms with Crippen molar-refractivity contribution in [3.8, 4) is 27.8 Å². The zero-order chi connectivity index (χ0) is 24.4. The van der Waals surface area contributed by atoms with Crippen molar-refractivity contribution in [3.63, 3.8) is 0 Å². The smallest absolute Gasteiger partial charge is 0.265 e. The summed E-state index contributed by atoms with van der Waals surface area (Å²) in [7, 11) is 0. The summed E-state index contributed by atoms with van der Waals surface area (Å²) >= 11 is 1.41. The molecule has 0 atom stereocenters. The number of carbonyl (C=O) groups excluding carboxylic acids is 2. The average Bonchev–Trinajstić information content (AvgIpc) is 3.50. The van der Waals surface area contributed by atoms with E-state index in [0.717, 1.165) is 22.0 Å². The third-order valence-electron chi connectivity index (χ3n) is 6.20. The Hall–Kier alpha value is -3.59. The first-order chi connectivity index (χ1) is 17.0. The van der Waals surface area contributed by atoms with Crippen LogP contribution in [0.5, 0.6) is 17.2 Å². The number of aromatic nitrogens is 1. The number of nitrogens with one attached hydrogen (secondary N) is 1. The maximum Gasteiger partial charge on any atom is 0.265 e. The van der Waals surface area contributed by atoms with Crippen LogP contribution in [0.15, 0.2) is 42.5 Å². The van der Waals surface area contributed by atoms with Crippen molar-refractivity contribution in [3.05, 3.63) is 53.0 Å². The number of fused-ring (bicyclic) bond motifs is 1. The van der Waals surface area contributed by atoms with E-state index in [1.54, 1.807) is 18.2 Å². The number of ether oxygens (including phenoxy) is 3. The van der Waals surface area contributed by atoms with Gasteiger partial charge < -0.3 is 24.4 Å². The van der Waals surface area contributed by atoms with Gasteiger partial charge in [-0.3, -0.25) is 9.59 Å². The van der Waals surface area contributed by atoms with Gasteiger partial charge in [0.2, 0.25) is 12.7 Å². The molecule has 35 heavy (non-hydrogen) atoms. The van der Waals surface area contributed by atoms with Gasteiger partial charge in [-0.1, -0.05) is 0 Å². The number of benzene rings is 2. The fourth-order valence-electron chi connectivity index (χ4n) is 4.29. The quantitative estimate of drug-likeness (QED) is 0.534.